The van der Waals surface area contributed by atoms with Gasteiger partial charge in [-0.05, 0) is 6.07 Å². The van der Waals surface area contributed by atoms with Crippen LogP contribution in [0.1, 0.15) is 0 Å². The van der Waals surface area contributed by atoms with Crippen LogP contribution in [0.4, 0.5) is 0 Å². The van der Waals surface area contributed by atoms with Gasteiger partial charge in [-0.1, -0.05) is 11.6 Å². The molecule has 7 heteroatoms. The number of hydrogen-bond acceptors (Lipinski definition) is 4. The summed E-state index contributed by atoms with van der Waals surface area (Å²) in [6.07, 6.45) is 2.63. The van der Waals surface area contributed by atoms with Crippen LogP contribution in [-0.4, -0.2) is 32.5 Å². The molecule has 1 N–H and O–H groups in total. The molecule has 0 spiro atoms. The van der Waals surface area contributed by atoms with E-state index < -0.39 is 10.0 Å². The highest BCUT2D eigenvalue weighted by molar-refractivity contribution is 7.89. The number of sulfonamides is 1. The van der Waals surface area contributed by atoms with Crippen LogP contribution in [0, 0.1) is 0 Å². The van der Waals surface area contributed by atoms with E-state index in [0.717, 1.165) is 0 Å². The highest BCUT2D eigenvalue weighted by atomic mass is 35.5. The third-order valence-electron chi connectivity index (χ3n) is 1.33. The first-order valence-corrected chi connectivity index (χ1v) is 5.59. The van der Waals surface area contributed by atoms with Gasteiger partial charge < -0.3 is 0 Å². The second-order valence-electron chi connectivity index (χ2n) is 2.80. The van der Waals surface area contributed by atoms with Gasteiger partial charge >= 0.3 is 0 Å². The third-order valence-corrected chi connectivity index (χ3v) is 3.28. The normalized spacial score (nSPS) is 12.0. The fraction of sp³-hybridized carbons (Fsp3) is 0.286. The molecule has 5 nitrogen and oxygen atoms in total. The van der Waals surface area contributed by atoms with Crippen molar-refractivity contribution in [1.29, 1.82) is 0 Å². The molecule has 0 amide bonds. The van der Waals surface area contributed by atoms with Gasteiger partial charge in [0.2, 0.25) is 0 Å². The fourth-order valence-electron chi connectivity index (χ4n) is 0.850. The van der Waals surface area contributed by atoms with Crippen molar-refractivity contribution in [3.8, 4) is 0 Å². The minimum atomic E-state index is -3.61. The zero-order valence-corrected chi connectivity index (χ0v) is 9.30. The summed E-state index contributed by atoms with van der Waals surface area (Å²) >= 11 is 5.71. The Balaban J connectivity index is 3.11. The lowest BCUT2D eigenvalue weighted by Gasteiger charge is -2.12. The minimum Gasteiger partial charge on any atom is -0.263 e. The van der Waals surface area contributed by atoms with Crippen molar-refractivity contribution in [3.05, 3.63) is 23.5 Å². The molecule has 14 heavy (non-hydrogen) atoms. The van der Waals surface area contributed by atoms with Gasteiger partial charge in [0.05, 0.1) is 5.02 Å². The summed E-state index contributed by atoms with van der Waals surface area (Å²) in [7, 11) is -0.466. The van der Waals surface area contributed by atoms with E-state index in [0.29, 0.717) is 0 Å². The Labute approximate surface area is 87.7 Å². The van der Waals surface area contributed by atoms with Gasteiger partial charge in [0.25, 0.3) is 10.0 Å². The first kappa shape index (κ1) is 11.4. The van der Waals surface area contributed by atoms with Crippen LogP contribution in [0.5, 0.6) is 0 Å². The molecule has 0 bridgehead atoms. The Morgan fingerprint density at radius 3 is 2.64 bits per heavy atom. The highest BCUT2D eigenvalue weighted by Crippen LogP contribution is 2.18. The molecule has 0 aliphatic heterocycles. The van der Waals surface area contributed by atoms with E-state index in [1.165, 1.54) is 23.5 Å². The van der Waals surface area contributed by atoms with E-state index in [-0.39, 0.29) is 9.92 Å². The van der Waals surface area contributed by atoms with Crippen molar-refractivity contribution in [1.82, 2.24) is 14.8 Å². The first-order valence-electron chi connectivity index (χ1n) is 3.73. The maximum atomic E-state index is 11.6. The highest BCUT2D eigenvalue weighted by Gasteiger charge is 2.18. The lowest BCUT2D eigenvalue weighted by atomic mass is 10.5. The maximum Gasteiger partial charge on any atom is 0.256 e. The first-order chi connectivity index (χ1) is 6.43. The molecule has 0 aliphatic rings. The van der Waals surface area contributed by atoms with Crippen molar-refractivity contribution >= 4 is 21.6 Å². The quantitative estimate of drug-likeness (QED) is 0.775. The van der Waals surface area contributed by atoms with E-state index >= 15 is 0 Å². The van der Waals surface area contributed by atoms with Crippen LogP contribution >= 0.6 is 11.6 Å². The largest absolute Gasteiger partial charge is 0.263 e. The average molecular weight is 236 g/mol. The molecule has 78 valence electrons. The average Bonchev–Trinajstić information content (AvgIpc) is 2.02. The van der Waals surface area contributed by atoms with Gasteiger partial charge in [0.15, 0.2) is 0 Å². The van der Waals surface area contributed by atoms with Crippen LogP contribution in [0.2, 0.25) is 5.02 Å². The Bertz CT molecular complexity index is 419. The monoisotopic (exact) mass is 235 g/mol. The predicted molar refractivity (Wildman–Crippen MR) is 53.3 cm³/mol. The molecule has 1 aromatic rings. The van der Waals surface area contributed by atoms with Crippen molar-refractivity contribution in [3.63, 3.8) is 0 Å². The number of hydrazine groups is 1. The summed E-state index contributed by atoms with van der Waals surface area (Å²) in [6.45, 7) is 0. The molecule has 0 saturated carbocycles. The molecule has 0 atom stereocenters. The molecule has 0 radical (unpaired) electrons. The topological polar surface area (TPSA) is 62.3 Å². The number of hydrogen-bond donors (Lipinski definition) is 1. The van der Waals surface area contributed by atoms with Crippen molar-refractivity contribution < 1.29 is 8.42 Å². The third kappa shape index (κ3) is 2.65. The summed E-state index contributed by atoms with van der Waals surface area (Å²) < 4.78 is 23.2. The maximum absolute atomic E-state index is 11.6. The van der Waals surface area contributed by atoms with Gasteiger partial charge in [0.1, 0.15) is 4.90 Å². The Hall–Kier alpha value is -0.690. The Morgan fingerprint density at radius 2 is 2.14 bits per heavy atom. The molecule has 1 aromatic heterocycles. The van der Waals surface area contributed by atoms with Crippen molar-refractivity contribution in [2.75, 3.05) is 14.1 Å². The molecule has 1 heterocycles. The zero-order chi connectivity index (χ0) is 10.8. The summed E-state index contributed by atoms with van der Waals surface area (Å²) in [5.74, 6) is 0. The smallest absolute Gasteiger partial charge is 0.256 e. The summed E-state index contributed by atoms with van der Waals surface area (Å²) in [5.41, 5.74) is 0. The Morgan fingerprint density at radius 1 is 1.50 bits per heavy atom. The van der Waals surface area contributed by atoms with Gasteiger partial charge in [-0.15, -0.1) is 4.83 Å². The molecular formula is C7H10ClN3O2S. The molecule has 0 unspecified atom stereocenters. The molecule has 0 saturated heterocycles. The number of rotatable bonds is 3. The number of halogens is 1. The molecule has 0 fully saturated rings. The van der Waals surface area contributed by atoms with Crippen LogP contribution < -0.4 is 4.83 Å². The number of aromatic nitrogens is 1. The number of nitrogens with one attached hydrogen (secondary N) is 1. The van der Waals surface area contributed by atoms with Crippen molar-refractivity contribution in [2.24, 2.45) is 0 Å². The van der Waals surface area contributed by atoms with Crippen LogP contribution in [0.3, 0.4) is 0 Å². The second-order valence-corrected chi connectivity index (χ2v) is 4.83. The summed E-state index contributed by atoms with van der Waals surface area (Å²) in [5, 5.41) is 1.47. The SMILES string of the molecule is CN(C)NS(=O)(=O)c1cnccc1Cl. The predicted octanol–water partition coefficient (Wildman–Crippen LogP) is 0.490. The summed E-state index contributed by atoms with van der Waals surface area (Å²) in [6, 6.07) is 1.42. The Kier molecular flexibility index (Phi) is 3.43. The van der Waals surface area contributed by atoms with Crippen LogP contribution in [-0.2, 0) is 10.0 Å². The number of pyridine rings is 1. The molecule has 0 aromatic carbocycles. The lowest BCUT2D eigenvalue weighted by molar-refractivity contribution is 0.364. The van der Waals surface area contributed by atoms with Gasteiger partial charge in [-0.25, -0.2) is 13.4 Å². The van der Waals surface area contributed by atoms with E-state index in [1.54, 1.807) is 14.1 Å². The number of nitrogens with zero attached hydrogens (tertiary/aromatic N) is 2. The van der Waals surface area contributed by atoms with E-state index in [4.69, 9.17) is 11.6 Å². The van der Waals surface area contributed by atoms with Gasteiger partial charge in [-0.2, -0.15) is 0 Å². The van der Waals surface area contributed by atoms with E-state index in [2.05, 4.69) is 9.82 Å². The van der Waals surface area contributed by atoms with E-state index in [9.17, 15) is 8.42 Å². The molecule has 1 rings (SSSR count). The molecule has 0 aliphatic carbocycles. The lowest BCUT2D eigenvalue weighted by Crippen LogP contribution is -2.36. The van der Waals surface area contributed by atoms with E-state index in [1.807, 2.05) is 0 Å². The van der Waals surface area contributed by atoms with Gasteiger partial charge in [0, 0.05) is 26.5 Å². The van der Waals surface area contributed by atoms with Crippen LogP contribution in [0.25, 0.3) is 0 Å². The van der Waals surface area contributed by atoms with Crippen LogP contribution in [0.15, 0.2) is 23.4 Å². The minimum absolute atomic E-state index is 0.0321. The second kappa shape index (κ2) is 4.22. The standard InChI is InChI=1S/C7H10ClN3O2S/c1-11(2)10-14(12,13)7-5-9-4-3-6(7)8/h3-5,10H,1-2H3. The fourth-order valence-corrected chi connectivity index (χ4v) is 2.36. The molecular weight excluding hydrogens is 226 g/mol. The summed E-state index contributed by atoms with van der Waals surface area (Å²) in [4.78, 5) is 5.92. The zero-order valence-electron chi connectivity index (χ0n) is 7.73. The van der Waals surface area contributed by atoms with Crippen molar-refractivity contribution in [2.45, 2.75) is 4.90 Å². The van der Waals surface area contributed by atoms with Gasteiger partial charge in [-0.3, -0.25) is 4.98 Å².